The van der Waals surface area contributed by atoms with Crippen LogP contribution in [-0.2, 0) is 9.53 Å². The first-order chi connectivity index (χ1) is 19.3. The molecular formula is C29H30ClFN4O5. The summed E-state index contributed by atoms with van der Waals surface area (Å²) in [6.45, 7) is 1.51. The Morgan fingerprint density at radius 3 is 2.58 bits per heavy atom. The predicted molar refractivity (Wildman–Crippen MR) is 146 cm³/mol. The van der Waals surface area contributed by atoms with E-state index >= 15 is 0 Å². The van der Waals surface area contributed by atoms with Crippen molar-refractivity contribution in [1.82, 2.24) is 10.5 Å². The molecule has 1 aliphatic heterocycles. The number of ether oxygens (including phenoxy) is 1. The lowest BCUT2D eigenvalue weighted by atomic mass is 9.77. The van der Waals surface area contributed by atoms with Gasteiger partial charge in [-0.25, -0.2) is 9.18 Å². The van der Waals surface area contributed by atoms with Crippen LogP contribution in [0.1, 0.15) is 59.2 Å². The summed E-state index contributed by atoms with van der Waals surface area (Å²) < 4.78 is 26.4. The number of carbonyl (C=O) groups is 3. The van der Waals surface area contributed by atoms with Gasteiger partial charge < -0.3 is 25.2 Å². The molecule has 1 saturated carbocycles. The van der Waals surface area contributed by atoms with Crippen molar-refractivity contribution in [3.05, 3.63) is 70.5 Å². The van der Waals surface area contributed by atoms with Crippen molar-refractivity contribution >= 4 is 35.3 Å². The highest BCUT2D eigenvalue weighted by Gasteiger charge is 2.47. The fraction of sp³-hybridized carbons (Fsp3) is 0.379. The third kappa shape index (κ3) is 5.54. The van der Waals surface area contributed by atoms with E-state index in [0.29, 0.717) is 31.5 Å². The number of amides is 2. The van der Waals surface area contributed by atoms with Crippen LogP contribution in [0.3, 0.4) is 0 Å². The van der Waals surface area contributed by atoms with Gasteiger partial charge in [0, 0.05) is 31.6 Å². The SMILES string of the molecule is NC(=O)C1(OC(=O)c2c(-c3c(F)cccc3Cl)noc2N2CCCC2)CCCC(CNC(=O)c2ccccc2)C1. The summed E-state index contributed by atoms with van der Waals surface area (Å²) in [5, 5.41) is 6.97. The maximum atomic E-state index is 14.9. The lowest BCUT2D eigenvalue weighted by Crippen LogP contribution is -2.52. The third-order valence-corrected chi connectivity index (χ3v) is 7.92. The number of esters is 1. The molecule has 1 aromatic heterocycles. The van der Waals surface area contributed by atoms with Crippen molar-refractivity contribution in [3.8, 4) is 11.3 Å². The molecule has 2 atom stereocenters. The number of hydrogen-bond donors (Lipinski definition) is 2. The highest BCUT2D eigenvalue weighted by Crippen LogP contribution is 2.41. The smallest absolute Gasteiger partial charge is 0.347 e. The van der Waals surface area contributed by atoms with Gasteiger partial charge in [-0.05, 0) is 62.3 Å². The molecule has 210 valence electrons. The van der Waals surface area contributed by atoms with Crippen LogP contribution < -0.4 is 16.0 Å². The second kappa shape index (κ2) is 11.7. The van der Waals surface area contributed by atoms with Gasteiger partial charge in [-0.3, -0.25) is 9.59 Å². The summed E-state index contributed by atoms with van der Waals surface area (Å²) in [7, 11) is 0. The normalized spacial score (nSPS) is 20.8. The van der Waals surface area contributed by atoms with Crippen LogP contribution in [0.15, 0.2) is 53.1 Å². The number of nitrogens with zero attached hydrogens (tertiary/aromatic N) is 2. The van der Waals surface area contributed by atoms with Crippen molar-refractivity contribution in [1.29, 1.82) is 0 Å². The Morgan fingerprint density at radius 2 is 1.88 bits per heavy atom. The van der Waals surface area contributed by atoms with Gasteiger partial charge in [0.25, 0.3) is 11.8 Å². The number of rotatable bonds is 8. The average molecular weight is 569 g/mol. The number of hydrogen-bond acceptors (Lipinski definition) is 7. The summed E-state index contributed by atoms with van der Waals surface area (Å²) in [4.78, 5) is 41.1. The number of primary amides is 1. The van der Waals surface area contributed by atoms with Gasteiger partial charge in [0.2, 0.25) is 5.88 Å². The summed E-state index contributed by atoms with van der Waals surface area (Å²) in [6.07, 6.45) is 3.38. The highest BCUT2D eigenvalue weighted by molar-refractivity contribution is 6.33. The first kappa shape index (κ1) is 27.6. The average Bonchev–Trinajstić information content (AvgIpc) is 3.63. The zero-order valence-corrected chi connectivity index (χ0v) is 22.6. The summed E-state index contributed by atoms with van der Waals surface area (Å²) in [5.41, 5.74) is 4.44. The van der Waals surface area contributed by atoms with Crippen LogP contribution in [0, 0.1) is 11.7 Å². The predicted octanol–water partition coefficient (Wildman–Crippen LogP) is 4.74. The van der Waals surface area contributed by atoms with E-state index in [1.165, 1.54) is 18.2 Å². The van der Waals surface area contributed by atoms with Crippen LogP contribution in [0.2, 0.25) is 5.02 Å². The molecule has 0 spiro atoms. The minimum absolute atomic E-state index is 0.0480. The number of benzene rings is 2. The minimum atomic E-state index is -1.62. The first-order valence-corrected chi connectivity index (χ1v) is 13.7. The first-order valence-electron chi connectivity index (χ1n) is 13.3. The molecule has 2 amide bonds. The van der Waals surface area contributed by atoms with Gasteiger partial charge in [-0.15, -0.1) is 0 Å². The van der Waals surface area contributed by atoms with Crippen LogP contribution in [0.5, 0.6) is 0 Å². The molecule has 0 bridgehead atoms. The van der Waals surface area contributed by atoms with Crippen molar-refractivity contribution in [3.63, 3.8) is 0 Å². The molecule has 2 heterocycles. The van der Waals surface area contributed by atoms with Crippen molar-refractivity contribution in [2.75, 3.05) is 24.5 Å². The van der Waals surface area contributed by atoms with E-state index in [-0.39, 0.29) is 58.9 Å². The van der Waals surface area contributed by atoms with E-state index in [1.807, 2.05) is 11.0 Å². The molecule has 11 heteroatoms. The highest BCUT2D eigenvalue weighted by atomic mass is 35.5. The zero-order valence-electron chi connectivity index (χ0n) is 21.8. The maximum Gasteiger partial charge on any atom is 0.347 e. The van der Waals surface area contributed by atoms with Crippen molar-refractivity contribution in [2.24, 2.45) is 11.7 Å². The van der Waals surface area contributed by atoms with Crippen LogP contribution in [-0.4, -0.2) is 48.2 Å². The Kier molecular flexibility index (Phi) is 8.07. The summed E-state index contributed by atoms with van der Waals surface area (Å²) in [6, 6.07) is 12.9. The summed E-state index contributed by atoms with van der Waals surface area (Å²) >= 11 is 6.31. The molecule has 3 N–H and O–H groups in total. The largest absolute Gasteiger partial charge is 0.445 e. The number of nitrogens with one attached hydrogen (secondary N) is 1. The van der Waals surface area contributed by atoms with E-state index in [9.17, 15) is 18.8 Å². The van der Waals surface area contributed by atoms with E-state index in [0.717, 1.165) is 12.8 Å². The Balaban J connectivity index is 1.41. The molecule has 2 unspecified atom stereocenters. The fourth-order valence-electron chi connectivity index (χ4n) is 5.54. The van der Waals surface area contributed by atoms with Gasteiger partial charge in [0.1, 0.15) is 11.5 Å². The van der Waals surface area contributed by atoms with E-state index in [1.54, 1.807) is 24.3 Å². The van der Waals surface area contributed by atoms with E-state index in [4.69, 9.17) is 26.6 Å². The summed E-state index contributed by atoms with van der Waals surface area (Å²) in [5.74, 6) is -2.63. The van der Waals surface area contributed by atoms with Gasteiger partial charge in [-0.1, -0.05) is 41.0 Å². The number of carbonyl (C=O) groups excluding carboxylic acids is 3. The van der Waals surface area contributed by atoms with Gasteiger partial charge in [0.05, 0.1) is 10.6 Å². The molecule has 1 saturated heterocycles. The van der Waals surface area contributed by atoms with Crippen LogP contribution in [0.25, 0.3) is 11.3 Å². The lowest BCUT2D eigenvalue weighted by molar-refractivity contribution is -0.142. The van der Waals surface area contributed by atoms with Crippen LogP contribution >= 0.6 is 11.6 Å². The Labute approximate surface area is 235 Å². The molecular weight excluding hydrogens is 539 g/mol. The molecule has 5 rings (SSSR count). The number of anilines is 1. The van der Waals surface area contributed by atoms with Gasteiger partial charge >= 0.3 is 5.97 Å². The molecule has 2 fully saturated rings. The van der Waals surface area contributed by atoms with Gasteiger partial charge in [0.15, 0.2) is 11.2 Å². The Hall–Kier alpha value is -3.92. The van der Waals surface area contributed by atoms with Crippen molar-refractivity contribution < 1.29 is 28.0 Å². The molecule has 0 radical (unpaired) electrons. The quantitative estimate of drug-likeness (QED) is 0.376. The number of halogens is 2. The molecule has 3 aromatic rings. The topological polar surface area (TPSA) is 128 Å². The Bertz CT molecular complexity index is 1390. The third-order valence-electron chi connectivity index (χ3n) is 7.61. The molecule has 2 aliphatic rings. The van der Waals surface area contributed by atoms with Gasteiger partial charge in [-0.2, -0.15) is 0 Å². The fourth-order valence-corrected chi connectivity index (χ4v) is 5.79. The monoisotopic (exact) mass is 568 g/mol. The Morgan fingerprint density at radius 1 is 1.12 bits per heavy atom. The molecule has 9 nitrogen and oxygen atoms in total. The zero-order chi connectivity index (χ0) is 28.3. The maximum absolute atomic E-state index is 14.9. The molecule has 40 heavy (non-hydrogen) atoms. The van der Waals surface area contributed by atoms with E-state index < -0.39 is 23.3 Å². The second-order valence-electron chi connectivity index (χ2n) is 10.3. The standard InChI is InChI=1S/C29H30ClFN4O5/c30-20-11-6-12-21(31)22(20)24-23(26(40-34-24)35-14-4-5-15-35)27(37)39-29(28(32)38)13-7-8-18(16-29)17-33-25(36)19-9-2-1-3-10-19/h1-3,6,9-12,18H,4-5,7-8,13-17H2,(H2,32,38)(H,33,36). The molecule has 2 aromatic carbocycles. The van der Waals surface area contributed by atoms with Crippen LogP contribution in [0.4, 0.5) is 10.3 Å². The van der Waals surface area contributed by atoms with Crippen molar-refractivity contribution in [2.45, 2.75) is 44.1 Å². The number of nitrogens with two attached hydrogens (primary N) is 1. The second-order valence-corrected chi connectivity index (χ2v) is 10.7. The lowest BCUT2D eigenvalue weighted by Gasteiger charge is -2.38. The minimum Gasteiger partial charge on any atom is -0.445 e. The van der Waals surface area contributed by atoms with E-state index in [2.05, 4.69) is 10.5 Å². The number of aromatic nitrogens is 1. The molecule has 1 aliphatic carbocycles.